The van der Waals surface area contributed by atoms with E-state index >= 15 is 0 Å². The summed E-state index contributed by atoms with van der Waals surface area (Å²) in [7, 11) is 0. The molecule has 7 heteroatoms. The highest BCUT2D eigenvalue weighted by Gasteiger charge is 2.28. The molecule has 1 amide bonds. The molecular formula is C21H22N6O. The van der Waals surface area contributed by atoms with Crippen LogP contribution in [0.1, 0.15) is 35.4 Å². The second-order valence-corrected chi connectivity index (χ2v) is 7.40. The molecule has 0 aliphatic carbocycles. The lowest BCUT2D eigenvalue weighted by Gasteiger charge is -2.38. The molecule has 0 saturated carbocycles. The van der Waals surface area contributed by atoms with Crippen LogP contribution in [0.2, 0.25) is 0 Å². The summed E-state index contributed by atoms with van der Waals surface area (Å²) in [5.41, 5.74) is 11.0. The van der Waals surface area contributed by atoms with E-state index in [0.717, 1.165) is 37.0 Å². The Morgan fingerprint density at radius 1 is 1.32 bits per heavy atom. The molecule has 1 aliphatic rings. The van der Waals surface area contributed by atoms with Crippen LogP contribution in [0.4, 0.5) is 0 Å². The number of rotatable bonds is 4. The number of carbonyl (C=O) groups is 1. The van der Waals surface area contributed by atoms with Gasteiger partial charge in [-0.2, -0.15) is 0 Å². The number of fused-ring (bicyclic) bond motifs is 1. The highest BCUT2D eigenvalue weighted by molar-refractivity contribution is 5.96. The Labute approximate surface area is 163 Å². The monoisotopic (exact) mass is 374 g/mol. The lowest BCUT2D eigenvalue weighted by molar-refractivity contribution is 0.0995. The maximum Gasteiger partial charge on any atom is 0.267 e. The average molecular weight is 374 g/mol. The highest BCUT2D eigenvalue weighted by Crippen LogP contribution is 2.32. The number of nitrogens with zero attached hydrogens (tertiary/aromatic N) is 6. The minimum atomic E-state index is -0.653. The zero-order valence-electron chi connectivity index (χ0n) is 15.8. The molecule has 0 spiro atoms. The molecule has 1 fully saturated rings. The smallest absolute Gasteiger partial charge is 0.267 e. The van der Waals surface area contributed by atoms with Crippen LogP contribution in [0.3, 0.4) is 0 Å². The zero-order chi connectivity index (χ0) is 19.5. The van der Waals surface area contributed by atoms with Gasteiger partial charge in [-0.3, -0.25) is 14.7 Å². The molecular weight excluding hydrogens is 352 g/mol. The van der Waals surface area contributed by atoms with E-state index in [9.17, 15) is 4.79 Å². The summed E-state index contributed by atoms with van der Waals surface area (Å²) in [5, 5.41) is 4.14. The van der Waals surface area contributed by atoms with Crippen molar-refractivity contribution in [3.8, 4) is 0 Å². The molecule has 7 nitrogen and oxygen atoms in total. The highest BCUT2D eigenvalue weighted by atomic mass is 16.1. The first-order chi connectivity index (χ1) is 13.7. The van der Waals surface area contributed by atoms with Crippen LogP contribution < -0.4 is 0 Å². The van der Waals surface area contributed by atoms with Gasteiger partial charge in [0.25, 0.3) is 5.91 Å². The third kappa shape index (κ3) is 3.63. The first kappa shape index (κ1) is 18.2. The van der Waals surface area contributed by atoms with Crippen molar-refractivity contribution in [3.63, 3.8) is 0 Å². The molecule has 142 valence electrons. The summed E-state index contributed by atoms with van der Waals surface area (Å²) in [5.74, 6) is -0.133. The van der Waals surface area contributed by atoms with Crippen molar-refractivity contribution in [2.24, 2.45) is 11.0 Å². The fraction of sp³-hybridized carbons (Fsp3) is 0.333. The van der Waals surface area contributed by atoms with Gasteiger partial charge in [0.05, 0.1) is 5.52 Å². The van der Waals surface area contributed by atoms with Gasteiger partial charge in [0.2, 0.25) is 0 Å². The Morgan fingerprint density at radius 2 is 2.14 bits per heavy atom. The van der Waals surface area contributed by atoms with E-state index in [1.165, 1.54) is 5.56 Å². The number of pyridine rings is 1. The van der Waals surface area contributed by atoms with Gasteiger partial charge in [0.1, 0.15) is 5.69 Å². The molecule has 2 aromatic heterocycles. The van der Waals surface area contributed by atoms with Crippen molar-refractivity contribution in [2.45, 2.75) is 25.9 Å². The average Bonchev–Trinajstić information content (AvgIpc) is 3.13. The van der Waals surface area contributed by atoms with Gasteiger partial charge >= 0.3 is 0 Å². The molecule has 3 aromatic rings. The van der Waals surface area contributed by atoms with Gasteiger partial charge in [0.15, 0.2) is 0 Å². The Hall–Kier alpha value is -3.15. The molecule has 2 atom stereocenters. The van der Waals surface area contributed by atoms with Crippen LogP contribution in [0.25, 0.3) is 21.3 Å². The van der Waals surface area contributed by atoms with Crippen LogP contribution in [-0.2, 0) is 6.54 Å². The maximum atomic E-state index is 11.9. The van der Waals surface area contributed by atoms with E-state index in [1.54, 1.807) is 12.3 Å². The summed E-state index contributed by atoms with van der Waals surface area (Å²) in [4.78, 5) is 21.1. The first-order valence-corrected chi connectivity index (χ1v) is 9.48. The van der Waals surface area contributed by atoms with Gasteiger partial charge in [-0.05, 0) is 47.2 Å². The number of amides is 1. The summed E-state index contributed by atoms with van der Waals surface area (Å²) >= 11 is 0. The molecule has 4 rings (SSSR count). The van der Waals surface area contributed by atoms with Crippen LogP contribution in [0.5, 0.6) is 0 Å². The molecule has 0 radical (unpaired) electrons. The number of azide groups is 1. The largest absolute Gasteiger partial charge is 0.343 e. The number of likely N-dealkylation sites (tertiary alicyclic amines) is 1. The number of aromatic nitrogens is 2. The van der Waals surface area contributed by atoms with Gasteiger partial charge in [-0.15, -0.1) is 0 Å². The number of carbonyl (C=O) groups excluding carboxylic acids is 1. The maximum absolute atomic E-state index is 11.9. The normalized spacial score (nSPS) is 20.0. The van der Waals surface area contributed by atoms with E-state index in [1.807, 2.05) is 12.1 Å². The lowest BCUT2D eigenvalue weighted by atomic mass is 9.92. The molecule has 0 bridgehead atoms. The quantitative estimate of drug-likeness (QED) is 0.381. The second-order valence-electron chi connectivity index (χ2n) is 7.40. The fourth-order valence-corrected chi connectivity index (χ4v) is 4.01. The van der Waals surface area contributed by atoms with Crippen molar-refractivity contribution >= 4 is 16.8 Å². The Balaban J connectivity index is 1.62. The number of hydrogen-bond donors (Lipinski definition) is 0. The van der Waals surface area contributed by atoms with Crippen molar-refractivity contribution in [2.75, 3.05) is 13.1 Å². The van der Waals surface area contributed by atoms with Crippen molar-refractivity contribution in [3.05, 3.63) is 76.6 Å². The molecule has 2 unspecified atom stereocenters. The standard InChI is InChI=1S/C21H22N6O/c1-15-7-9-26(13-16-5-3-2-4-6-16)14-20(15)27-10-8-17-12-23-18(11-19(17)27)21(28)24-25-22/h2-6,8,10-12,15,20H,7,9,13-14H2,1H3. The number of benzene rings is 1. The van der Waals surface area contributed by atoms with E-state index in [0.29, 0.717) is 12.0 Å². The predicted molar refractivity (Wildman–Crippen MR) is 108 cm³/mol. The Bertz CT molecular complexity index is 1040. The number of hydrogen-bond acceptors (Lipinski definition) is 3. The first-order valence-electron chi connectivity index (χ1n) is 9.48. The summed E-state index contributed by atoms with van der Waals surface area (Å²) in [6.07, 6.45) is 4.86. The second kappa shape index (κ2) is 7.84. The van der Waals surface area contributed by atoms with Crippen molar-refractivity contribution < 1.29 is 4.79 Å². The van der Waals surface area contributed by atoms with Crippen LogP contribution in [-0.4, -0.2) is 33.4 Å². The third-order valence-electron chi connectivity index (χ3n) is 5.57. The fourth-order valence-electron chi connectivity index (χ4n) is 4.01. The summed E-state index contributed by atoms with van der Waals surface area (Å²) in [6.45, 7) is 5.24. The lowest BCUT2D eigenvalue weighted by Crippen LogP contribution is -2.40. The van der Waals surface area contributed by atoms with E-state index in [2.05, 4.69) is 61.9 Å². The van der Waals surface area contributed by atoms with Crippen molar-refractivity contribution in [1.82, 2.24) is 14.5 Å². The molecule has 0 N–H and O–H groups in total. The predicted octanol–water partition coefficient (Wildman–Crippen LogP) is 4.57. The third-order valence-corrected chi connectivity index (χ3v) is 5.57. The van der Waals surface area contributed by atoms with E-state index < -0.39 is 5.91 Å². The van der Waals surface area contributed by atoms with E-state index in [4.69, 9.17) is 5.53 Å². The molecule has 28 heavy (non-hydrogen) atoms. The number of piperidine rings is 1. The summed E-state index contributed by atoms with van der Waals surface area (Å²) in [6, 6.07) is 14.6. The SMILES string of the molecule is CC1CCN(Cc2ccccc2)CC1n1ccc2cnc(C(=O)N=[N+]=[N-])cc21. The minimum Gasteiger partial charge on any atom is -0.343 e. The van der Waals surface area contributed by atoms with Gasteiger partial charge < -0.3 is 4.57 Å². The van der Waals surface area contributed by atoms with Crippen LogP contribution >= 0.6 is 0 Å². The minimum absolute atomic E-state index is 0.176. The van der Waals surface area contributed by atoms with Gasteiger partial charge in [-0.25, -0.2) is 0 Å². The molecule has 1 aliphatic heterocycles. The summed E-state index contributed by atoms with van der Waals surface area (Å²) < 4.78 is 2.24. The van der Waals surface area contributed by atoms with Crippen LogP contribution in [0, 0.1) is 5.92 Å². The van der Waals surface area contributed by atoms with Crippen LogP contribution in [0.15, 0.2) is 60.0 Å². The topological polar surface area (TPSA) is 86.9 Å². The molecule has 3 heterocycles. The molecule has 1 aromatic carbocycles. The van der Waals surface area contributed by atoms with Gasteiger partial charge in [0, 0.05) is 41.8 Å². The Morgan fingerprint density at radius 3 is 2.93 bits per heavy atom. The van der Waals surface area contributed by atoms with E-state index in [-0.39, 0.29) is 5.69 Å². The Kier molecular flexibility index (Phi) is 5.10. The molecule has 1 saturated heterocycles. The van der Waals surface area contributed by atoms with Gasteiger partial charge in [-0.1, -0.05) is 37.3 Å². The van der Waals surface area contributed by atoms with Crippen molar-refractivity contribution in [1.29, 1.82) is 0 Å². The zero-order valence-corrected chi connectivity index (χ0v) is 15.8.